The lowest BCUT2D eigenvalue weighted by Gasteiger charge is -2.16. The van der Waals surface area contributed by atoms with Crippen molar-refractivity contribution < 1.29 is 4.79 Å². The highest BCUT2D eigenvalue weighted by molar-refractivity contribution is 7.20. The Balaban J connectivity index is 1.98. The summed E-state index contributed by atoms with van der Waals surface area (Å²) in [6, 6.07) is 4.04. The van der Waals surface area contributed by atoms with E-state index < -0.39 is 0 Å². The summed E-state index contributed by atoms with van der Waals surface area (Å²) >= 11 is 3.11. The van der Waals surface area contributed by atoms with Crippen LogP contribution < -0.4 is 5.32 Å². The molecule has 0 radical (unpaired) electrons. The van der Waals surface area contributed by atoms with E-state index >= 15 is 0 Å². The number of nitrogens with one attached hydrogen (secondary N) is 1. The molecule has 0 unspecified atom stereocenters. The molecule has 0 aromatic carbocycles. The highest BCUT2D eigenvalue weighted by Crippen LogP contribution is 2.33. The van der Waals surface area contributed by atoms with Crippen molar-refractivity contribution in [3.63, 3.8) is 0 Å². The van der Waals surface area contributed by atoms with Crippen molar-refractivity contribution in [3.8, 4) is 0 Å². The van der Waals surface area contributed by atoms with E-state index in [1.165, 1.54) is 11.3 Å². The molecule has 0 fully saturated rings. The van der Waals surface area contributed by atoms with E-state index in [1.54, 1.807) is 11.3 Å². The number of aryl methyl sites for hydroxylation is 2. The van der Waals surface area contributed by atoms with Crippen molar-refractivity contribution >= 4 is 38.8 Å². The number of nitrogens with zero attached hydrogens (tertiary/aromatic N) is 2. The van der Waals surface area contributed by atoms with Gasteiger partial charge in [0.15, 0.2) is 0 Å². The summed E-state index contributed by atoms with van der Waals surface area (Å²) in [7, 11) is 0. The van der Waals surface area contributed by atoms with Crippen molar-refractivity contribution in [1.82, 2.24) is 15.3 Å². The van der Waals surface area contributed by atoms with Crippen LogP contribution >= 0.6 is 22.7 Å². The number of aromatic nitrogens is 2. The first-order chi connectivity index (χ1) is 11.7. The maximum absolute atomic E-state index is 12.8. The summed E-state index contributed by atoms with van der Waals surface area (Å²) in [5.74, 6) is 0.774. The van der Waals surface area contributed by atoms with E-state index in [0.29, 0.717) is 0 Å². The Hall–Kier alpha value is -1.79. The highest BCUT2D eigenvalue weighted by atomic mass is 32.1. The van der Waals surface area contributed by atoms with E-state index in [0.717, 1.165) is 37.1 Å². The van der Waals surface area contributed by atoms with Crippen LogP contribution in [0.1, 0.15) is 65.4 Å². The highest BCUT2D eigenvalue weighted by Gasteiger charge is 2.24. The largest absolute Gasteiger partial charge is 0.344 e. The van der Waals surface area contributed by atoms with Gasteiger partial charge >= 0.3 is 0 Å². The molecule has 0 saturated heterocycles. The Bertz CT molecular complexity index is 920. The van der Waals surface area contributed by atoms with Crippen molar-refractivity contribution in [2.75, 3.05) is 0 Å². The minimum absolute atomic E-state index is 0.00516. The minimum Gasteiger partial charge on any atom is -0.344 e. The number of carbonyl (C=O) groups excluding carboxylic acids is 1. The fourth-order valence-corrected chi connectivity index (χ4v) is 4.63. The van der Waals surface area contributed by atoms with Gasteiger partial charge in [0, 0.05) is 15.7 Å². The molecular weight excluding hydrogens is 350 g/mol. The average molecular weight is 374 g/mol. The van der Waals surface area contributed by atoms with Gasteiger partial charge < -0.3 is 5.32 Å². The molecule has 0 aliphatic carbocycles. The van der Waals surface area contributed by atoms with Gasteiger partial charge in [-0.3, -0.25) is 4.79 Å². The van der Waals surface area contributed by atoms with Gasteiger partial charge in [0.25, 0.3) is 5.91 Å². The lowest BCUT2D eigenvalue weighted by molar-refractivity contribution is 0.0944. The summed E-state index contributed by atoms with van der Waals surface area (Å²) in [6.45, 7) is 12.3. The van der Waals surface area contributed by atoms with Crippen LogP contribution in [0.15, 0.2) is 17.5 Å². The quantitative estimate of drug-likeness (QED) is 0.690. The smallest absolute Gasteiger partial charge is 0.262 e. The van der Waals surface area contributed by atoms with Crippen LogP contribution in [0.3, 0.4) is 0 Å². The number of carbonyl (C=O) groups is 1. The van der Waals surface area contributed by atoms with Gasteiger partial charge in [-0.05, 0) is 37.8 Å². The molecule has 0 saturated carbocycles. The van der Waals surface area contributed by atoms with Gasteiger partial charge in [-0.1, -0.05) is 26.8 Å². The average Bonchev–Trinajstić information content (AvgIpc) is 3.14. The van der Waals surface area contributed by atoms with Crippen LogP contribution in [0.5, 0.6) is 0 Å². The van der Waals surface area contributed by atoms with Crippen LogP contribution in [0.25, 0.3) is 10.2 Å². The van der Waals surface area contributed by atoms with Crippen molar-refractivity contribution in [2.24, 2.45) is 0 Å². The van der Waals surface area contributed by atoms with E-state index in [9.17, 15) is 4.79 Å². The third-order valence-corrected chi connectivity index (χ3v) is 6.41. The molecule has 3 rings (SSSR count). The number of hydrogen-bond acceptors (Lipinski definition) is 5. The topological polar surface area (TPSA) is 54.9 Å². The molecule has 0 spiro atoms. The lowest BCUT2D eigenvalue weighted by Crippen LogP contribution is -2.25. The third-order valence-electron chi connectivity index (χ3n) is 4.17. The second-order valence-electron chi connectivity index (χ2n) is 7.33. The molecular formula is C19H23N3OS2. The number of rotatable bonds is 3. The molecule has 6 heteroatoms. The zero-order chi connectivity index (χ0) is 18.4. The van der Waals surface area contributed by atoms with Crippen molar-refractivity contribution in [2.45, 2.75) is 53.0 Å². The maximum atomic E-state index is 12.8. The summed E-state index contributed by atoms with van der Waals surface area (Å²) < 4.78 is 0. The van der Waals surface area contributed by atoms with Gasteiger partial charge in [-0.2, -0.15) is 0 Å². The second-order valence-corrected chi connectivity index (χ2v) is 9.31. The van der Waals surface area contributed by atoms with Gasteiger partial charge in [0.1, 0.15) is 10.7 Å². The molecule has 3 aromatic rings. The Morgan fingerprint density at radius 3 is 2.56 bits per heavy atom. The van der Waals surface area contributed by atoms with E-state index in [1.807, 2.05) is 38.3 Å². The fourth-order valence-electron chi connectivity index (χ4n) is 2.76. The Kier molecular flexibility index (Phi) is 4.68. The lowest BCUT2D eigenvalue weighted by atomic mass is 9.95. The predicted molar refractivity (Wildman–Crippen MR) is 106 cm³/mol. The standard InChI is InChI=1S/C19H23N3OS2/c1-10-14-12(3)21-18(19(4,5)6)22-17(14)25-15(10)16(23)20-11(2)13-8-7-9-24-13/h7-9,11H,1-6H3,(H,20,23)/t11-/m1/s1. The van der Waals surface area contributed by atoms with Gasteiger partial charge in [0.2, 0.25) is 0 Å². The van der Waals surface area contributed by atoms with Crippen molar-refractivity contribution in [1.29, 1.82) is 0 Å². The number of fused-ring (bicyclic) bond motifs is 1. The molecule has 0 aliphatic rings. The van der Waals surface area contributed by atoms with Crippen LogP contribution in [-0.2, 0) is 5.41 Å². The Morgan fingerprint density at radius 1 is 1.24 bits per heavy atom. The van der Waals surface area contributed by atoms with E-state index in [2.05, 4.69) is 31.1 Å². The van der Waals surface area contributed by atoms with Crippen molar-refractivity contribution in [3.05, 3.63) is 44.3 Å². The Morgan fingerprint density at radius 2 is 1.96 bits per heavy atom. The van der Waals surface area contributed by atoms with Crippen LogP contribution in [0.4, 0.5) is 0 Å². The monoisotopic (exact) mass is 373 g/mol. The normalized spacial score (nSPS) is 13.2. The molecule has 0 bridgehead atoms. The molecule has 4 nitrogen and oxygen atoms in total. The molecule has 3 heterocycles. The van der Waals surface area contributed by atoms with Gasteiger partial charge in [-0.15, -0.1) is 22.7 Å². The maximum Gasteiger partial charge on any atom is 0.262 e. The minimum atomic E-state index is -0.118. The van der Waals surface area contributed by atoms with E-state index in [-0.39, 0.29) is 17.4 Å². The summed E-state index contributed by atoms with van der Waals surface area (Å²) in [4.78, 5) is 25.0. The number of thiophene rings is 2. The zero-order valence-electron chi connectivity index (χ0n) is 15.4. The second kappa shape index (κ2) is 6.50. The van der Waals surface area contributed by atoms with Crippen LogP contribution in [-0.4, -0.2) is 15.9 Å². The van der Waals surface area contributed by atoms with Crippen LogP contribution in [0.2, 0.25) is 0 Å². The van der Waals surface area contributed by atoms with Gasteiger partial charge in [-0.25, -0.2) is 9.97 Å². The SMILES string of the molecule is Cc1nc(C(C)(C)C)nc2sc(C(=O)N[C@H](C)c3cccs3)c(C)c12. The molecule has 25 heavy (non-hydrogen) atoms. The third kappa shape index (κ3) is 3.46. The predicted octanol–water partition coefficient (Wildman–Crippen LogP) is 5.16. The summed E-state index contributed by atoms with van der Waals surface area (Å²) in [6.07, 6.45) is 0. The van der Waals surface area contributed by atoms with Gasteiger partial charge in [0.05, 0.1) is 16.6 Å². The molecule has 1 amide bonds. The van der Waals surface area contributed by atoms with E-state index in [4.69, 9.17) is 4.98 Å². The summed E-state index contributed by atoms with van der Waals surface area (Å²) in [5.41, 5.74) is 1.79. The molecule has 132 valence electrons. The molecule has 0 aliphatic heterocycles. The molecule has 1 N–H and O–H groups in total. The number of amides is 1. The number of hydrogen-bond donors (Lipinski definition) is 1. The Labute approximate surface area is 156 Å². The molecule has 1 atom stereocenters. The first-order valence-corrected chi connectivity index (χ1v) is 10.0. The first-order valence-electron chi connectivity index (χ1n) is 8.31. The first kappa shape index (κ1) is 18.0. The zero-order valence-corrected chi connectivity index (χ0v) is 17.1. The summed E-state index contributed by atoms with van der Waals surface area (Å²) in [5, 5.41) is 6.13. The fraction of sp³-hybridized carbons (Fsp3) is 0.421. The van der Waals surface area contributed by atoms with Crippen LogP contribution in [0, 0.1) is 13.8 Å². The molecule has 3 aromatic heterocycles.